The highest BCUT2D eigenvalue weighted by Gasteiger charge is 2.49. The normalized spacial score (nSPS) is 25.1. The van der Waals surface area contributed by atoms with Crippen molar-refractivity contribution in [2.75, 3.05) is 0 Å². The van der Waals surface area contributed by atoms with Crippen molar-refractivity contribution >= 4 is 5.78 Å². The molecule has 0 saturated carbocycles. The van der Waals surface area contributed by atoms with Crippen LogP contribution < -0.4 is 0 Å². The summed E-state index contributed by atoms with van der Waals surface area (Å²) in [6, 6.07) is 5.57. The molecule has 1 aliphatic rings. The fourth-order valence-electron chi connectivity index (χ4n) is 2.83. The maximum Gasteiger partial charge on any atom is 0.187 e. The summed E-state index contributed by atoms with van der Waals surface area (Å²) in [7, 11) is 0. The van der Waals surface area contributed by atoms with Gasteiger partial charge in [0.1, 0.15) is 5.69 Å². The molecule has 0 radical (unpaired) electrons. The number of Topliss-reactive ketones (excluding diaryl/α,β-unsaturated/α-hetero) is 1. The highest BCUT2D eigenvalue weighted by Crippen LogP contribution is 2.43. The molecule has 1 saturated heterocycles. The van der Waals surface area contributed by atoms with Gasteiger partial charge in [0.2, 0.25) is 0 Å². The molecule has 0 amide bonds. The van der Waals surface area contributed by atoms with E-state index in [1.165, 1.54) is 0 Å². The van der Waals surface area contributed by atoms with Gasteiger partial charge in [0.25, 0.3) is 0 Å². The van der Waals surface area contributed by atoms with E-state index in [1.54, 1.807) is 6.07 Å². The third kappa shape index (κ3) is 2.46. The Bertz CT molecular complexity index is 477. The predicted molar refractivity (Wildman–Crippen MR) is 70.7 cm³/mol. The van der Waals surface area contributed by atoms with Gasteiger partial charge in [-0.3, -0.25) is 9.78 Å². The number of ketones is 1. The second kappa shape index (κ2) is 4.16. The van der Waals surface area contributed by atoms with Crippen molar-refractivity contribution in [2.45, 2.75) is 52.2 Å². The van der Waals surface area contributed by atoms with Crippen molar-refractivity contribution in [1.82, 2.24) is 4.98 Å². The number of pyridine rings is 1. The lowest BCUT2D eigenvalue weighted by Crippen LogP contribution is -2.34. The van der Waals surface area contributed by atoms with Crippen LogP contribution in [0, 0.1) is 12.8 Å². The zero-order valence-electron chi connectivity index (χ0n) is 11.8. The van der Waals surface area contributed by atoms with Gasteiger partial charge in [0, 0.05) is 5.69 Å². The Morgan fingerprint density at radius 3 is 2.50 bits per heavy atom. The molecule has 1 aromatic heterocycles. The van der Waals surface area contributed by atoms with Crippen LogP contribution in [-0.2, 0) is 4.74 Å². The molecule has 2 heterocycles. The molecule has 0 aliphatic carbocycles. The summed E-state index contributed by atoms with van der Waals surface area (Å²) < 4.78 is 5.97. The molecule has 1 unspecified atom stereocenters. The summed E-state index contributed by atoms with van der Waals surface area (Å²) in [4.78, 5) is 16.9. The molecule has 3 heteroatoms. The summed E-state index contributed by atoms with van der Waals surface area (Å²) in [5, 5.41) is 0. The molecule has 2 rings (SSSR count). The molecule has 98 valence electrons. The van der Waals surface area contributed by atoms with Crippen molar-refractivity contribution in [3.63, 3.8) is 0 Å². The second-order valence-electron chi connectivity index (χ2n) is 6.25. The Kier molecular flexibility index (Phi) is 3.06. The highest BCUT2D eigenvalue weighted by atomic mass is 16.5. The molecule has 0 aromatic carbocycles. The van der Waals surface area contributed by atoms with Crippen LogP contribution in [0.2, 0.25) is 0 Å². The van der Waals surface area contributed by atoms with Gasteiger partial charge in [-0.1, -0.05) is 6.07 Å². The number of carbonyl (C=O) groups excluding carboxylic acids is 1. The van der Waals surface area contributed by atoms with Gasteiger partial charge in [-0.05, 0) is 53.2 Å². The van der Waals surface area contributed by atoms with Gasteiger partial charge in [-0.25, -0.2) is 0 Å². The zero-order chi connectivity index (χ0) is 13.6. The number of ether oxygens (including phenoxy) is 1. The SMILES string of the molecule is Cc1cccc(C(=O)C2CC(C)(C)OC2(C)C)n1. The first kappa shape index (κ1) is 13.2. The number of hydrogen-bond acceptors (Lipinski definition) is 3. The Balaban J connectivity index is 2.30. The first-order valence-corrected chi connectivity index (χ1v) is 6.39. The minimum absolute atomic E-state index is 0.0919. The summed E-state index contributed by atoms with van der Waals surface area (Å²) >= 11 is 0. The predicted octanol–water partition coefficient (Wildman–Crippen LogP) is 3.17. The number of rotatable bonds is 2. The molecule has 1 atom stereocenters. The van der Waals surface area contributed by atoms with Crippen LogP contribution in [0.4, 0.5) is 0 Å². The molecule has 0 N–H and O–H groups in total. The van der Waals surface area contributed by atoms with Crippen molar-refractivity contribution < 1.29 is 9.53 Å². The molecule has 0 spiro atoms. The summed E-state index contributed by atoms with van der Waals surface area (Å²) in [5.41, 5.74) is 0.755. The summed E-state index contributed by atoms with van der Waals surface area (Å²) in [5.74, 6) is -0.0314. The molecular weight excluding hydrogens is 226 g/mol. The molecule has 1 aliphatic heterocycles. The summed E-state index contributed by atoms with van der Waals surface area (Å²) in [6.45, 7) is 9.94. The van der Waals surface area contributed by atoms with E-state index in [4.69, 9.17) is 4.74 Å². The molecular formula is C15H21NO2. The van der Waals surface area contributed by atoms with E-state index >= 15 is 0 Å². The van der Waals surface area contributed by atoms with Gasteiger partial charge >= 0.3 is 0 Å². The lowest BCUT2D eigenvalue weighted by molar-refractivity contribution is -0.0712. The number of hydrogen-bond donors (Lipinski definition) is 0. The van der Waals surface area contributed by atoms with Crippen LogP contribution in [0.25, 0.3) is 0 Å². The lowest BCUT2D eigenvalue weighted by Gasteiger charge is -2.26. The molecule has 18 heavy (non-hydrogen) atoms. The van der Waals surface area contributed by atoms with Crippen LogP contribution in [0.5, 0.6) is 0 Å². The number of nitrogens with zero attached hydrogens (tertiary/aromatic N) is 1. The average molecular weight is 247 g/mol. The highest BCUT2D eigenvalue weighted by molar-refractivity contribution is 5.97. The molecule has 3 nitrogen and oxygen atoms in total. The van der Waals surface area contributed by atoms with E-state index in [9.17, 15) is 4.79 Å². The van der Waals surface area contributed by atoms with E-state index in [2.05, 4.69) is 4.98 Å². The van der Waals surface area contributed by atoms with E-state index in [-0.39, 0.29) is 17.3 Å². The number of aryl methyl sites for hydroxylation is 1. The Morgan fingerprint density at radius 2 is 2.00 bits per heavy atom. The minimum Gasteiger partial charge on any atom is -0.369 e. The van der Waals surface area contributed by atoms with Gasteiger partial charge in [0.15, 0.2) is 5.78 Å². The Labute approximate surface area is 109 Å². The third-order valence-electron chi connectivity index (χ3n) is 3.53. The van der Waals surface area contributed by atoms with Gasteiger partial charge in [-0.15, -0.1) is 0 Å². The van der Waals surface area contributed by atoms with E-state index in [0.29, 0.717) is 5.69 Å². The number of carbonyl (C=O) groups is 1. The smallest absolute Gasteiger partial charge is 0.187 e. The van der Waals surface area contributed by atoms with Gasteiger partial charge in [-0.2, -0.15) is 0 Å². The van der Waals surface area contributed by atoms with Crippen LogP contribution in [0.15, 0.2) is 18.2 Å². The summed E-state index contributed by atoms with van der Waals surface area (Å²) in [6.07, 6.45) is 0.744. The van der Waals surface area contributed by atoms with Gasteiger partial charge in [0.05, 0.1) is 17.1 Å². The fraction of sp³-hybridized carbons (Fsp3) is 0.600. The van der Waals surface area contributed by atoms with Crippen LogP contribution in [0.3, 0.4) is 0 Å². The second-order valence-corrected chi connectivity index (χ2v) is 6.25. The van der Waals surface area contributed by atoms with Crippen molar-refractivity contribution in [2.24, 2.45) is 5.92 Å². The van der Waals surface area contributed by atoms with Crippen molar-refractivity contribution in [1.29, 1.82) is 0 Å². The maximum absolute atomic E-state index is 12.6. The average Bonchev–Trinajstić information content (AvgIpc) is 2.45. The van der Waals surface area contributed by atoms with E-state index < -0.39 is 5.60 Å². The molecule has 1 aromatic rings. The third-order valence-corrected chi connectivity index (χ3v) is 3.53. The number of aromatic nitrogens is 1. The molecule has 0 bridgehead atoms. The first-order chi connectivity index (χ1) is 8.21. The van der Waals surface area contributed by atoms with E-state index in [1.807, 2.05) is 46.8 Å². The lowest BCUT2D eigenvalue weighted by atomic mass is 9.83. The fourth-order valence-corrected chi connectivity index (χ4v) is 2.83. The van der Waals surface area contributed by atoms with Crippen molar-refractivity contribution in [3.05, 3.63) is 29.6 Å². The Hall–Kier alpha value is -1.22. The van der Waals surface area contributed by atoms with Crippen LogP contribution in [-0.4, -0.2) is 22.0 Å². The van der Waals surface area contributed by atoms with E-state index in [0.717, 1.165) is 12.1 Å². The Morgan fingerprint density at radius 1 is 1.33 bits per heavy atom. The largest absolute Gasteiger partial charge is 0.369 e. The maximum atomic E-state index is 12.6. The standard InChI is InChI=1S/C15H21NO2/c1-10-7-6-8-12(16-10)13(17)11-9-14(2,3)18-15(11,4)5/h6-8,11H,9H2,1-5H3. The molecule has 1 fully saturated rings. The quantitative estimate of drug-likeness (QED) is 0.753. The zero-order valence-corrected chi connectivity index (χ0v) is 11.8. The minimum atomic E-state index is -0.425. The van der Waals surface area contributed by atoms with Crippen LogP contribution >= 0.6 is 0 Å². The van der Waals surface area contributed by atoms with Crippen molar-refractivity contribution in [3.8, 4) is 0 Å². The van der Waals surface area contributed by atoms with Gasteiger partial charge < -0.3 is 4.74 Å². The van der Waals surface area contributed by atoms with Crippen LogP contribution in [0.1, 0.15) is 50.3 Å². The monoisotopic (exact) mass is 247 g/mol. The topological polar surface area (TPSA) is 39.2 Å². The first-order valence-electron chi connectivity index (χ1n) is 6.39.